The molecule has 2 nitrogen and oxygen atoms in total. The second-order valence-corrected chi connectivity index (χ2v) is 4.23. The maximum absolute atomic E-state index is 10.5. The molecular weight excluding hydrogens is 218 g/mol. The summed E-state index contributed by atoms with van der Waals surface area (Å²) in [6, 6.07) is 13.9. The Morgan fingerprint density at radius 1 is 1.12 bits per heavy atom. The van der Waals surface area contributed by atoms with E-state index in [4.69, 9.17) is 5.73 Å². The van der Waals surface area contributed by atoms with Gasteiger partial charge < -0.3 is 5.73 Å². The van der Waals surface area contributed by atoms with Crippen molar-refractivity contribution in [2.45, 2.75) is 0 Å². The van der Waals surface area contributed by atoms with E-state index in [-0.39, 0.29) is 0 Å². The molecule has 0 saturated carbocycles. The van der Waals surface area contributed by atoms with Gasteiger partial charge in [0, 0.05) is 10.8 Å². The molecule has 0 radical (unpaired) electrons. The lowest BCUT2D eigenvalue weighted by molar-refractivity contribution is -0.112. The van der Waals surface area contributed by atoms with E-state index < -0.39 is 5.91 Å². The van der Waals surface area contributed by atoms with E-state index >= 15 is 0 Å². The predicted octanol–water partition coefficient (Wildman–Crippen LogP) is 2.25. The van der Waals surface area contributed by atoms with Crippen LogP contribution in [0.5, 0.6) is 0 Å². The number of carbonyl (C=O) groups is 1. The molecule has 2 N–H and O–H groups in total. The molecule has 0 aliphatic carbocycles. The third kappa shape index (κ3) is 2.50. The van der Waals surface area contributed by atoms with Crippen LogP contribution in [-0.4, -0.2) is 5.91 Å². The Balaban J connectivity index is 2.28. The molecule has 0 bridgehead atoms. The van der Waals surface area contributed by atoms with Crippen molar-refractivity contribution in [3.8, 4) is 22.3 Å². The molecule has 2 aromatic rings. The molecule has 2 rings (SSSR count). The zero-order valence-corrected chi connectivity index (χ0v) is 9.25. The highest BCUT2D eigenvalue weighted by atomic mass is 32.1. The first-order valence-corrected chi connectivity index (χ1v) is 5.54. The molecule has 0 fully saturated rings. The molecule has 0 unspecified atom stereocenters. The molecule has 1 amide bonds. The Kier molecular flexibility index (Phi) is 3.04. The van der Waals surface area contributed by atoms with Gasteiger partial charge in [-0.05, 0) is 23.6 Å². The summed E-state index contributed by atoms with van der Waals surface area (Å²) in [4.78, 5) is 12.5. The van der Waals surface area contributed by atoms with Crippen LogP contribution in [0.3, 0.4) is 0 Å². The van der Waals surface area contributed by atoms with Crippen LogP contribution in [0.1, 0.15) is 4.88 Å². The number of thiophene rings is 1. The average molecular weight is 227 g/mol. The van der Waals surface area contributed by atoms with E-state index in [9.17, 15) is 4.79 Å². The van der Waals surface area contributed by atoms with Gasteiger partial charge in [-0.1, -0.05) is 30.3 Å². The topological polar surface area (TPSA) is 43.1 Å². The minimum absolute atomic E-state index is 0.602. The Labute approximate surface area is 97.7 Å². The number of rotatable bonds is 1. The highest BCUT2D eigenvalue weighted by Gasteiger charge is 1.99. The van der Waals surface area contributed by atoms with E-state index in [0.29, 0.717) is 0 Å². The summed E-state index contributed by atoms with van der Waals surface area (Å²) in [6.07, 6.45) is 0. The maximum Gasteiger partial charge on any atom is 0.293 e. The van der Waals surface area contributed by atoms with Crippen LogP contribution in [0.4, 0.5) is 0 Å². The van der Waals surface area contributed by atoms with Gasteiger partial charge >= 0.3 is 0 Å². The largest absolute Gasteiger partial charge is 0.359 e. The summed E-state index contributed by atoms with van der Waals surface area (Å²) in [6.45, 7) is 0. The molecule has 0 aliphatic heterocycles. The highest BCUT2D eigenvalue weighted by Crippen LogP contribution is 2.27. The minimum Gasteiger partial charge on any atom is -0.359 e. The SMILES string of the molecule is NC(=O)C#Cc1ccc(-c2ccccc2)s1. The molecule has 78 valence electrons. The molecule has 0 aliphatic rings. The summed E-state index contributed by atoms with van der Waals surface area (Å²) in [5.41, 5.74) is 6.10. The van der Waals surface area contributed by atoms with Gasteiger partial charge in [-0.25, -0.2) is 0 Å². The van der Waals surface area contributed by atoms with Crippen molar-refractivity contribution < 1.29 is 4.79 Å². The van der Waals surface area contributed by atoms with Crippen molar-refractivity contribution in [1.29, 1.82) is 0 Å². The van der Waals surface area contributed by atoms with Crippen LogP contribution in [0, 0.1) is 11.8 Å². The van der Waals surface area contributed by atoms with E-state index in [0.717, 1.165) is 15.3 Å². The second kappa shape index (κ2) is 4.65. The minimum atomic E-state index is -0.602. The molecular formula is C13H9NOS. The third-order valence-electron chi connectivity index (χ3n) is 1.97. The molecule has 3 heteroatoms. The first kappa shape index (κ1) is 10.5. The average Bonchev–Trinajstić information content (AvgIpc) is 2.76. The summed E-state index contributed by atoms with van der Waals surface area (Å²) < 4.78 is 0. The van der Waals surface area contributed by atoms with Gasteiger partial charge in [0.15, 0.2) is 0 Å². The lowest BCUT2D eigenvalue weighted by atomic mass is 10.2. The monoisotopic (exact) mass is 227 g/mol. The fraction of sp³-hybridized carbons (Fsp3) is 0. The van der Waals surface area contributed by atoms with Crippen LogP contribution in [0.2, 0.25) is 0 Å². The zero-order chi connectivity index (χ0) is 11.4. The van der Waals surface area contributed by atoms with Crippen LogP contribution >= 0.6 is 11.3 Å². The third-order valence-corrected chi connectivity index (χ3v) is 3.02. The van der Waals surface area contributed by atoms with Crippen LogP contribution < -0.4 is 5.73 Å². The van der Waals surface area contributed by atoms with Crippen molar-refractivity contribution in [2.24, 2.45) is 5.73 Å². The van der Waals surface area contributed by atoms with E-state index in [1.807, 2.05) is 42.5 Å². The van der Waals surface area contributed by atoms with Gasteiger partial charge in [0.25, 0.3) is 5.91 Å². The first-order chi connectivity index (χ1) is 7.75. The van der Waals surface area contributed by atoms with Crippen LogP contribution in [0.15, 0.2) is 42.5 Å². The number of benzene rings is 1. The van der Waals surface area contributed by atoms with Gasteiger partial charge in [-0.15, -0.1) is 11.3 Å². The lowest BCUT2D eigenvalue weighted by Crippen LogP contribution is -2.05. The Hall–Kier alpha value is -2.05. The first-order valence-electron chi connectivity index (χ1n) is 4.72. The smallest absolute Gasteiger partial charge is 0.293 e. The molecule has 1 aromatic heterocycles. The van der Waals surface area contributed by atoms with Crippen LogP contribution in [-0.2, 0) is 4.79 Å². The van der Waals surface area contributed by atoms with Crippen molar-refractivity contribution >= 4 is 17.2 Å². The van der Waals surface area contributed by atoms with E-state index in [1.165, 1.54) is 0 Å². The summed E-state index contributed by atoms with van der Waals surface area (Å²) in [7, 11) is 0. The molecule has 1 aromatic carbocycles. The van der Waals surface area contributed by atoms with Crippen molar-refractivity contribution in [2.75, 3.05) is 0 Å². The number of carbonyl (C=O) groups excluding carboxylic acids is 1. The standard InChI is InChI=1S/C13H9NOS/c14-13(15)9-7-11-6-8-12(16-11)10-4-2-1-3-5-10/h1-6,8H,(H2,14,15). The zero-order valence-electron chi connectivity index (χ0n) is 8.44. The fourth-order valence-electron chi connectivity index (χ4n) is 1.29. The van der Waals surface area contributed by atoms with Gasteiger partial charge in [0.05, 0.1) is 4.88 Å². The Morgan fingerprint density at radius 2 is 1.88 bits per heavy atom. The lowest BCUT2D eigenvalue weighted by Gasteiger charge is -1.93. The number of hydrogen-bond donors (Lipinski definition) is 1. The van der Waals surface area contributed by atoms with E-state index in [2.05, 4.69) is 11.8 Å². The molecule has 1 heterocycles. The Bertz CT molecular complexity index is 560. The second-order valence-electron chi connectivity index (χ2n) is 3.14. The normalized spacial score (nSPS) is 9.25. The number of amides is 1. The fourth-order valence-corrected chi connectivity index (χ4v) is 2.15. The summed E-state index contributed by atoms with van der Waals surface area (Å²) >= 11 is 1.55. The van der Waals surface area contributed by atoms with Crippen molar-refractivity contribution in [1.82, 2.24) is 0 Å². The number of nitrogens with two attached hydrogens (primary N) is 1. The summed E-state index contributed by atoms with van der Waals surface area (Å²) in [5, 5.41) is 0. The Morgan fingerprint density at radius 3 is 2.56 bits per heavy atom. The number of hydrogen-bond acceptors (Lipinski definition) is 2. The van der Waals surface area contributed by atoms with Crippen LogP contribution in [0.25, 0.3) is 10.4 Å². The van der Waals surface area contributed by atoms with Gasteiger partial charge in [0.1, 0.15) is 0 Å². The van der Waals surface area contributed by atoms with Gasteiger partial charge in [-0.2, -0.15) is 0 Å². The van der Waals surface area contributed by atoms with Crippen molar-refractivity contribution in [3.05, 3.63) is 47.3 Å². The molecule has 16 heavy (non-hydrogen) atoms. The quantitative estimate of drug-likeness (QED) is 0.746. The molecule has 0 atom stereocenters. The number of primary amides is 1. The van der Waals surface area contributed by atoms with Crippen molar-refractivity contribution in [3.63, 3.8) is 0 Å². The maximum atomic E-state index is 10.5. The molecule has 0 saturated heterocycles. The predicted molar refractivity (Wildman–Crippen MR) is 65.8 cm³/mol. The van der Waals surface area contributed by atoms with Gasteiger partial charge in [-0.3, -0.25) is 4.79 Å². The molecule has 0 spiro atoms. The van der Waals surface area contributed by atoms with E-state index in [1.54, 1.807) is 11.3 Å². The highest BCUT2D eigenvalue weighted by molar-refractivity contribution is 7.16. The summed E-state index contributed by atoms with van der Waals surface area (Å²) in [5.74, 6) is 4.45. The van der Waals surface area contributed by atoms with Gasteiger partial charge in [0.2, 0.25) is 0 Å².